The maximum atomic E-state index is 15.8. The predicted molar refractivity (Wildman–Crippen MR) is 196 cm³/mol. The van der Waals surface area contributed by atoms with Crippen LogP contribution in [0.15, 0.2) is 42.6 Å². The lowest BCUT2D eigenvalue weighted by Crippen LogP contribution is -2.46. The third kappa shape index (κ3) is 7.14. The second-order valence-electron chi connectivity index (χ2n) is 14.1. The highest BCUT2D eigenvalue weighted by molar-refractivity contribution is 5.86. The van der Waals surface area contributed by atoms with E-state index in [0.717, 1.165) is 78.0 Å². The largest absolute Gasteiger partial charge is 0.453 e. The van der Waals surface area contributed by atoms with Crippen molar-refractivity contribution < 1.29 is 33.0 Å². The van der Waals surface area contributed by atoms with Crippen molar-refractivity contribution in [2.24, 2.45) is 0 Å². The number of ether oxygens (including phenoxy) is 2. The Labute approximate surface area is 312 Å². The van der Waals surface area contributed by atoms with Crippen LogP contribution in [-0.4, -0.2) is 93.1 Å². The second-order valence-corrected chi connectivity index (χ2v) is 14.1. The Balaban J connectivity index is 1.08. The minimum Gasteiger partial charge on any atom is -0.453 e. The molecule has 0 bridgehead atoms. The van der Waals surface area contributed by atoms with Crippen molar-refractivity contribution in [2.45, 2.75) is 83.0 Å². The van der Waals surface area contributed by atoms with Gasteiger partial charge in [0.15, 0.2) is 0 Å². The van der Waals surface area contributed by atoms with Crippen LogP contribution in [0.1, 0.15) is 80.9 Å². The van der Waals surface area contributed by atoms with Crippen LogP contribution in [0.25, 0.3) is 33.6 Å². The summed E-state index contributed by atoms with van der Waals surface area (Å²) < 4.78 is 25.1. The Morgan fingerprint density at radius 3 is 2.00 bits per heavy atom. The summed E-state index contributed by atoms with van der Waals surface area (Å²) in [6, 6.07) is 9.26. The zero-order valence-electron chi connectivity index (χ0n) is 30.8. The van der Waals surface area contributed by atoms with Gasteiger partial charge >= 0.3 is 12.2 Å². The smallest absolute Gasteiger partial charge is 0.407 e. The number of aryl methyl sites for hydroxylation is 2. The van der Waals surface area contributed by atoms with E-state index in [1.165, 1.54) is 20.3 Å². The molecule has 2 aromatic heterocycles. The molecule has 4 atom stereocenters. The lowest BCUT2D eigenvalue weighted by molar-refractivity contribution is -0.134. The minimum atomic E-state index is -0.766. The van der Waals surface area contributed by atoms with Crippen molar-refractivity contribution >= 4 is 24.0 Å². The Morgan fingerprint density at radius 2 is 1.39 bits per heavy atom. The van der Waals surface area contributed by atoms with Gasteiger partial charge in [-0.25, -0.2) is 23.9 Å². The van der Waals surface area contributed by atoms with Crippen molar-refractivity contribution in [3.63, 3.8) is 0 Å². The molecule has 7 rings (SSSR count). The number of halogens is 1. The molecule has 3 aliphatic rings. The molecule has 4 heterocycles. The van der Waals surface area contributed by atoms with Crippen molar-refractivity contribution in [1.29, 1.82) is 0 Å². The molecular weight excluding hydrogens is 695 g/mol. The first kappa shape index (κ1) is 36.6. The summed E-state index contributed by atoms with van der Waals surface area (Å²) in [5.74, 6) is 0.478. The molecular formula is C39H45FN8O6. The Kier molecular flexibility index (Phi) is 10.4. The van der Waals surface area contributed by atoms with Gasteiger partial charge in [0.05, 0.1) is 43.9 Å². The van der Waals surface area contributed by atoms with Gasteiger partial charge in [-0.1, -0.05) is 24.3 Å². The first-order chi connectivity index (χ1) is 26.1. The molecule has 0 saturated carbocycles. The third-order valence-corrected chi connectivity index (χ3v) is 10.7. The number of carbonyl (C=O) groups excluding carboxylic acids is 4. The standard InChI is InChI=1S/C39H45FN8O6/c1-21(42-38(51)53-3)36(49)47-16-6-10-31(47)34-41-20-30(45-34)27-15-13-24(19-28(27)40)23-12-14-26-25(18-23)8-5-9-29-33(26)46-35(44-29)32-11-7-17-48(32)37(50)22(2)43-39(52)54-4/h12-15,18-22,31-32H,5-11,16-17H2,1-4H3,(H,41,45)(H,42,51)(H,43,52)(H,44,46)/t21-,22-,31-,32-/m0/s1. The van der Waals surface area contributed by atoms with Crippen LogP contribution < -0.4 is 10.6 Å². The summed E-state index contributed by atoms with van der Waals surface area (Å²) in [6.07, 6.45) is 5.88. The third-order valence-electron chi connectivity index (χ3n) is 10.7. The fourth-order valence-electron chi connectivity index (χ4n) is 7.94. The number of carbonyl (C=O) groups is 4. The fourth-order valence-corrected chi connectivity index (χ4v) is 7.94. The van der Waals surface area contributed by atoms with Crippen LogP contribution in [0.2, 0.25) is 0 Å². The zero-order valence-corrected chi connectivity index (χ0v) is 30.8. The number of nitrogens with zero attached hydrogens (tertiary/aromatic N) is 4. The van der Waals surface area contributed by atoms with E-state index in [9.17, 15) is 19.2 Å². The summed E-state index contributed by atoms with van der Waals surface area (Å²) in [5, 5.41) is 5.09. The van der Waals surface area contributed by atoms with Crippen LogP contribution >= 0.6 is 0 Å². The van der Waals surface area contributed by atoms with E-state index in [1.54, 1.807) is 35.9 Å². The highest BCUT2D eigenvalue weighted by Gasteiger charge is 2.37. The van der Waals surface area contributed by atoms with Crippen molar-refractivity contribution in [3.05, 3.63) is 71.3 Å². The van der Waals surface area contributed by atoms with Gasteiger partial charge in [-0.05, 0) is 87.6 Å². The van der Waals surface area contributed by atoms with Crippen LogP contribution in [-0.2, 0) is 31.9 Å². The number of methoxy groups -OCH3 is 2. The van der Waals surface area contributed by atoms with Crippen molar-refractivity contribution in [1.82, 2.24) is 40.4 Å². The van der Waals surface area contributed by atoms with E-state index in [1.807, 2.05) is 18.2 Å². The number of fused-ring (bicyclic) bond motifs is 3. The van der Waals surface area contributed by atoms with Crippen LogP contribution in [0.4, 0.5) is 14.0 Å². The topological polar surface area (TPSA) is 175 Å². The molecule has 4 amide bonds. The van der Waals surface area contributed by atoms with E-state index >= 15 is 4.39 Å². The molecule has 15 heteroatoms. The Bertz CT molecular complexity index is 2080. The molecule has 4 N–H and O–H groups in total. The summed E-state index contributed by atoms with van der Waals surface area (Å²) in [6.45, 7) is 4.37. The average Bonchev–Trinajstić information content (AvgIpc) is 4.00. The van der Waals surface area contributed by atoms with Crippen LogP contribution in [0.5, 0.6) is 0 Å². The van der Waals surface area contributed by atoms with E-state index in [0.29, 0.717) is 36.6 Å². The molecule has 4 aromatic rings. The van der Waals surface area contributed by atoms with Crippen molar-refractivity contribution in [3.8, 4) is 33.6 Å². The SMILES string of the molecule is COC(=O)N[C@@H](C)C(=O)N1CCC[C@H]1c1ncc(-c2ccc(-c3ccc4c(c3)CCCc3[nH]c([C@@H]5CCCN5C(=O)[C@H](C)NC(=O)OC)nc3-4)cc2F)[nH]1. The maximum absolute atomic E-state index is 15.8. The molecule has 0 radical (unpaired) electrons. The summed E-state index contributed by atoms with van der Waals surface area (Å²) in [7, 11) is 2.51. The molecule has 0 spiro atoms. The lowest BCUT2D eigenvalue weighted by atomic mass is 9.95. The summed E-state index contributed by atoms with van der Waals surface area (Å²) in [5.41, 5.74) is 6.54. The predicted octanol–water partition coefficient (Wildman–Crippen LogP) is 5.58. The second kappa shape index (κ2) is 15.3. The first-order valence-corrected chi connectivity index (χ1v) is 18.4. The number of imidazole rings is 2. The van der Waals surface area contributed by atoms with Crippen LogP contribution in [0.3, 0.4) is 0 Å². The van der Waals surface area contributed by atoms with Gasteiger partial charge < -0.3 is 39.9 Å². The molecule has 2 aromatic carbocycles. The Morgan fingerprint density at radius 1 is 0.796 bits per heavy atom. The highest BCUT2D eigenvalue weighted by Crippen LogP contribution is 2.39. The van der Waals surface area contributed by atoms with Gasteiger partial charge in [0.1, 0.15) is 29.5 Å². The van der Waals surface area contributed by atoms with Gasteiger partial charge in [0, 0.05) is 29.9 Å². The van der Waals surface area contributed by atoms with Gasteiger partial charge in [0.25, 0.3) is 0 Å². The number of likely N-dealkylation sites (tertiary alicyclic amines) is 2. The quantitative estimate of drug-likeness (QED) is 0.181. The van der Waals surface area contributed by atoms with Gasteiger partial charge in [-0.15, -0.1) is 0 Å². The normalized spacial score (nSPS) is 19.0. The molecule has 54 heavy (non-hydrogen) atoms. The van der Waals surface area contributed by atoms with Gasteiger partial charge in [-0.2, -0.15) is 0 Å². The molecule has 284 valence electrons. The number of aromatic nitrogens is 4. The number of benzene rings is 2. The molecule has 2 aliphatic heterocycles. The highest BCUT2D eigenvalue weighted by atomic mass is 19.1. The van der Waals surface area contributed by atoms with E-state index in [4.69, 9.17) is 4.98 Å². The number of alkyl carbamates (subject to hydrolysis) is 2. The molecule has 14 nitrogen and oxygen atoms in total. The number of aromatic amines is 2. The number of amides is 4. The number of hydrogen-bond donors (Lipinski definition) is 4. The van der Waals surface area contributed by atoms with Crippen molar-refractivity contribution in [2.75, 3.05) is 27.3 Å². The zero-order chi connectivity index (χ0) is 38.1. The number of hydrogen-bond acceptors (Lipinski definition) is 8. The summed E-state index contributed by atoms with van der Waals surface area (Å²) in [4.78, 5) is 69.6. The fraction of sp³-hybridized carbons (Fsp3) is 0.436. The van der Waals surface area contributed by atoms with E-state index < -0.39 is 30.1 Å². The van der Waals surface area contributed by atoms with E-state index in [-0.39, 0.29) is 23.9 Å². The maximum Gasteiger partial charge on any atom is 0.407 e. The molecule has 1 aliphatic carbocycles. The number of H-pyrrole nitrogens is 2. The van der Waals surface area contributed by atoms with E-state index in [2.05, 4.69) is 41.1 Å². The summed E-state index contributed by atoms with van der Waals surface area (Å²) >= 11 is 0. The van der Waals surface area contributed by atoms with Gasteiger partial charge in [-0.3, -0.25) is 9.59 Å². The Hall–Kier alpha value is -5.73. The monoisotopic (exact) mass is 740 g/mol. The molecule has 2 saturated heterocycles. The average molecular weight is 741 g/mol. The number of rotatable bonds is 8. The first-order valence-electron chi connectivity index (χ1n) is 18.4. The minimum absolute atomic E-state index is 0.181. The van der Waals surface area contributed by atoms with Crippen LogP contribution in [0, 0.1) is 5.82 Å². The lowest BCUT2D eigenvalue weighted by Gasteiger charge is -2.26. The number of nitrogens with one attached hydrogen (secondary N) is 4. The van der Waals surface area contributed by atoms with Gasteiger partial charge in [0.2, 0.25) is 11.8 Å². The molecule has 2 fully saturated rings. The molecule has 0 unspecified atom stereocenters.